The summed E-state index contributed by atoms with van der Waals surface area (Å²) in [7, 11) is 3.28. The molecule has 0 atom stereocenters. The van der Waals surface area contributed by atoms with Gasteiger partial charge in [0.2, 0.25) is 0 Å². The Hall–Kier alpha value is -2.73. The SMILES string of the molecule is CCn1c(=Cc2scc[n+]2Cc2ccsc2C(=O)OC)sc(=C2Sc3cc(F)ccc3N2C)c1=O. The molecule has 6 nitrogen and oxygen atoms in total. The van der Waals surface area contributed by atoms with Crippen molar-refractivity contribution in [2.75, 3.05) is 19.1 Å². The van der Waals surface area contributed by atoms with Crippen molar-refractivity contribution in [2.45, 2.75) is 24.9 Å². The molecule has 0 N–H and O–H groups in total. The van der Waals surface area contributed by atoms with E-state index in [0.717, 1.165) is 30.8 Å². The summed E-state index contributed by atoms with van der Waals surface area (Å²) in [6.07, 6.45) is 3.99. The minimum atomic E-state index is -0.338. The Kier molecular flexibility index (Phi) is 6.67. The molecule has 0 saturated heterocycles. The van der Waals surface area contributed by atoms with Crippen LogP contribution in [0.3, 0.4) is 0 Å². The van der Waals surface area contributed by atoms with Gasteiger partial charge >= 0.3 is 5.97 Å². The van der Waals surface area contributed by atoms with Crippen LogP contribution in [0.1, 0.15) is 27.2 Å². The van der Waals surface area contributed by atoms with Gasteiger partial charge in [-0.25, -0.2) is 9.18 Å². The predicted octanol–water partition coefficient (Wildman–Crippen LogP) is 3.45. The second kappa shape index (κ2) is 9.73. The largest absolute Gasteiger partial charge is 0.465 e. The maximum absolute atomic E-state index is 13.8. The first-order chi connectivity index (χ1) is 16.9. The number of halogens is 1. The third-order valence-electron chi connectivity index (χ3n) is 5.63. The number of rotatable bonds is 5. The Labute approximate surface area is 216 Å². The lowest BCUT2D eigenvalue weighted by atomic mass is 10.2. The number of esters is 1. The maximum atomic E-state index is 13.8. The highest BCUT2D eigenvalue weighted by atomic mass is 32.2. The van der Waals surface area contributed by atoms with Crippen LogP contribution >= 0.6 is 45.8 Å². The van der Waals surface area contributed by atoms with Gasteiger partial charge in [0.25, 0.3) is 10.6 Å². The first kappa shape index (κ1) is 24.0. The molecule has 0 fully saturated rings. The molecule has 0 bridgehead atoms. The van der Waals surface area contributed by atoms with Crippen molar-refractivity contribution in [1.82, 2.24) is 4.57 Å². The van der Waals surface area contributed by atoms with Crippen molar-refractivity contribution in [3.05, 3.63) is 82.0 Å². The Balaban J connectivity index is 1.58. The molecule has 0 saturated carbocycles. The molecule has 0 aliphatic carbocycles. The van der Waals surface area contributed by atoms with Gasteiger partial charge < -0.3 is 9.64 Å². The van der Waals surface area contributed by atoms with Crippen LogP contribution in [-0.2, 0) is 17.8 Å². The molecular formula is C24H21FN3O3S4+. The van der Waals surface area contributed by atoms with Crippen LogP contribution < -0.4 is 24.2 Å². The highest BCUT2D eigenvalue weighted by Gasteiger charge is 2.25. The van der Waals surface area contributed by atoms with Gasteiger partial charge in [0, 0.05) is 24.1 Å². The number of benzene rings is 1. The third kappa shape index (κ3) is 4.37. The van der Waals surface area contributed by atoms with Crippen LogP contribution in [0.4, 0.5) is 10.1 Å². The zero-order valence-electron chi connectivity index (χ0n) is 19.1. The summed E-state index contributed by atoms with van der Waals surface area (Å²) < 4.78 is 24.0. The van der Waals surface area contributed by atoms with Gasteiger partial charge in [-0.05, 0) is 36.6 Å². The predicted molar refractivity (Wildman–Crippen MR) is 140 cm³/mol. The topological polar surface area (TPSA) is 55.4 Å². The van der Waals surface area contributed by atoms with Crippen LogP contribution in [0.15, 0.2) is 50.9 Å². The Bertz CT molecular complexity index is 1620. The number of ether oxygens (including phenoxy) is 1. The van der Waals surface area contributed by atoms with E-state index in [-0.39, 0.29) is 17.3 Å². The zero-order valence-corrected chi connectivity index (χ0v) is 22.4. The van der Waals surface area contributed by atoms with E-state index in [4.69, 9.17) is 4.74 Å². The van der Waals surface area contributed by atoms with Gasteiger partial charge in [0.1, 0.15) is 24.9 Å². The van der Waals surface area contributed by atoms with Gasteiger partial charge in [-0.3, -0.25) is 9.36 Å². The average molecular weight is 547 g/mol. The number of thiazole rings is 2. The van der Waals surface area contributed by atoms with Crippen molar-refractivity contribution in [2.24, 2.45) is 0 Å². The maximum Gasteiger partial charge on any atom is 0.348 e. The summed E-state index contributed by atoms with van der Waals surface area (Å²) in [4.78, 5) is 28.8. The van der Waals surface area contributed by atoms with E-state index in [1.807, 2.05) is 48.0 Å². The number of hydrogen-bond donors (Lipinski definition) is 0. The lowest BCUT2D eigenvalue weighted by molar-refractivity contribution is -0.685. The molecule has 5 rings (SSSR count). The molecule has 0 unspecified atom stereocenters. The van der Waals surface area contributed by atoms with Crippen LogP contribution in [0.2, 0.25) is 0 Å². The zero-order chi connectivity index (χ0) is 24.7. The molecule has 1 aliphatic rings. The van der Waals surface area contributed by atoms with E-state index in [0.29, 0.717) is 22.5 Å². The summed E-state index contributed by atoms with van der Waals surface area (Å²) in [6.45, 7) is 3.01. The molecule has 0 amide bonds. The molecule has 1 aliphatic heterocycles. The number of anilines is 1. The summed E-state index contributed by atoms with van der Waals surface area (Å²) in [5.74, 6) is -0.629. The van der Waals surface area contributed by atoms with Crippen LogP contribution in [0.25, 0.3) is 11.1 Å². The van der Waals surface area contributed by atoms with Gasteiger partial charge in [0.15, 0.2) is 12.7 Å². The number of nitrogens with zero attached hydrogens (tertiary/aromatic N) is 3. The lowest BCUT2D eigenvalue weighted by Gasteiger charge is -2.12. The molecule has 0 radical (unpaired) electrons. The van der Waals surface area contributed by atoms with Gasteiger partial charge in [-0.15, -0.1) is 22.7 Å². The van der Waals surface area contributed by atoms with E-state index in [1.165, 1.54) is 53.7 Å². The second-order valence-corrected chi connectivity index (χ2v) is 11.6. The normalized spacial score (nSPS) is 15.1. The van der Waals surface area contributed by atoms with E-state index >= 15 is 0 Å². The summed E-state index contributed by atoms with van der Waals surface area (Å²) in [6, 6.07) is 6.61. The Morgan fingerprint density at radius 2 is 2.06 bits per heavy atom. The molecular weight excluding hydrogens is 526 g/mol. The lowest BCUT2D eigenvalue weighted by Crippen LogP contribution is -2.36. The molecule has 1 aromatic carbocycles. The Morgan fingerprint density at radius 3 is 2.83 bits per heavy atom. The number of fused-ring (bicyclic) bond motifs is 1. The number of hydrogen-bond acceptors (Lipinski definition) is 8. The van der Waals surface area contributed by atoms with Crippen molar-refractivity contribution in [3.8, 4) is 0 Å². The minimum Gasteiger partial charge on any atom is -0.465 e. The highest BCUT2D eigenvalue weighted by molar-refractivity contribution is 8.08. The quantitative estimate of drug-likeness (QED) is 0.284. The van der Waals surface area contributed by atoms with E-state index in [1.54, 1.807) is 22.0 Å². The monoisotopic (exact) mass is 546 g/mol. The number of aromatic nitrogens is 2. The molecule has 0 spiro atoms. The molecule has 11 heteroatoms. The van der Waals surface area contributed by atoms with Crippen LogP contribution in [-0.4, -0.2) is 24.7 Å². The number of thiophene rings is 1. The fourth-order valence-corrected chi connectivity index (χ4v) is 8.05. The summed E-state index contributed by atoms with van der Waals surface area (Å²) in [5.41, 5.74) is 1.73. The van der Waals surface area contributed by atoms with Crippen molar-refractivity contribution in [3.63, 3.8) is 0 Å². The average Bonchev–Trinajstić information content (AvgIpc) is 3.61. The molecule has 4 heterocycles. The summed E-state index contributed by atoms with van der Waals surface area (Å²) in [5, 5.41) is 5.64. The van der Waals surface area contributed by atoms with Gasteiger partial charge in [-0.2, -0.15) is 4.57 Å². The molecule has 180 valence electrons. The summed E-state index contributed by atoms with van der Waals surface area (Å²) >= 11 is 5.79. The minimum absolute atomic E-state index is 0.0553. The second-order valence-electron chi connectivity index (χ2n) is 7.68. The molecule has 35 heavy (non-hydrogen) atoms. The third-order valence-corrected chi connectivity index (χ3v) is 9.89. The van der Waals surface area contributed by atoms with E-state index in [9.17, 15) is 14.0 Å². The molecule has 4 aromatic rings. The van der Waals surface area contributed by atoms with Crippen LogP contribution in [0, 0.1) is 5.82 Å². The van der Waals surface area contributed by atoms with Crippen LogP contribution in [0.5, 0.6) is 0 Å². The standard InChI is InChI=1S/C24H21FN3O3S4/c1-4-28-19(12-18-27(8-10-32-18)13-14-7-9-33-20(14)24(30)31-3)35-21(22(28)29)23-26(2)16-6-5-15(25)11-17(16)34-23/h5-12H,4,13H2,1-3H3/q+1. The number of methoxy groups -OCH3 is 1. The number of carbonyl (C=O) groups is 1. The first-order valence-corrected chi connectivity index (χ1v) is 14.1. The van der Waals surface area contributed by atoms with E-state index < -0.39 is 0 Å². The highest BCUT2D eigenvalue weighted by Crippen LogP contribution is 2.45. The van der Waals surface area contributed by atoms with Crippen molar-refractivity contribution < 1.29 is 18.5 Å². The van der Waals surface area contributed by atoms with Crippen molar-refractivity contribution >= 4 is 68.5 Å². The number of thioether (sulfide) groups is 1. The van der Waals surface area contributed by atoms with Gasteiger partial charge in [0.05, 0.1) is 24.3 Å². The first-order valence-electron chi connectivity index (χ1n) is 10.7. The molecule has 3 aromatic heterocycles. The van der Waals surface area contributed by atoms with Crippen molar-refractivity contribution in [1.29, 1.82) is 0 Å². The fourth-order valence-electron chi connectivity index (χ4n) is 3.88. The smallest absolute Gasteiger partial charge is 0.348 e. The fraction of sp³-hybridized carbons (Fsp3) is 0.208. The number of carbonyl (C=O) groups excluding carboxylic acids is 1. The van der Waals surface area contributed by atoms with Gasteiger partial charge in [-0.1, -0.05) is 23.1 Å². The van der Waals surface area contributed by atoms with E-state index in [2.05, 4.69) is 4.57 Å². The Morgan fingerprint density at radius 1 is 1.23 bits per heavy atom.